The molecule has 2 fully saturated rings. The number of hydrogen-bond donors (Lipinski definition) is 4. The maximum Gasteiger partial charge on any atom is 0.266 e. The maximum atomic E-state index is 13.2. The highest BCUT2D eigenvalue weighted by Crippen LogP contribution is 2.41. The molecule has 394 valence electrons. The van der Waals surface area contributed by atoms with E-state index in [1.54, 1.807) is 31.4 Å². The summed E-state index contributed by atoms with van der Waals surface area (Å²) in [7, 11) is 3.05. The highest BCUT2D eigenvalue weighted by molar-refractivity contribution is 6.37. The fraction of sp³-hybridized carbons (Fsp3) is 0.440. The van der Waals surface area contributed by atoms with Crippen LogP contribution in [-0.4, -0.2) is 181 Å². The van der Waals surface area contributed by atoms with Gasteiger partial charge in [0.1, 0.15) is 23.6 Å². The van der Waals surface area contributed by atoms with Gasteiger partial charge in [-0.2, -0.15) is 5.26 Å². The van der Waals surface area contributed by atoms with Gasteiger partial charge in [-0.15, -0.1) is 0 Å². The fourth-order valence-electron chi connectivity index (χ4n) is 8.37. The zero-order valence-electron chi connectivity index (χ0n) is 40.9. The van der Waals surface area contributed by atoms with Gasteiger partial charge in [-0.3, -0.25) is 48.9 Å². The van der Waals surface area contributed by atoms with E-state index in [2.05, 4.69) is 42.1 Å². The number of carbonyl (C=O) groups is 6. The van der Waals surface area contributed by atoms with E-state index in [9.17, 15) is 34.0 Å². The van der Waals surface area contributed by atoms with Gasteiger partial charge in [-0.25, -0.2) is 0 Å². The number of nitrogens with one attached hydrogen (secondary N) is 4. The summed E-state index contributed by atoms with van der Waals surface area (Å²) in [6.07, 6.45) is 2.27. The molecule has 4 aromatic rings. The SMILES string of the molecule is COc1cc(Nc2c(C#N)cnc3cc(OCCCN4CCN(CC(=O)NCCOCCOCCOCCNC(=O)COc5cccc6c5C(=O)N(C5CCC(=O)NC5=O)C6=O)CC4)c(OC)cc23)c(Cl)cc1Cl. The normalized spacial score (nSPS) is 15.9. The molecule has 74 heavy (non-hydrogen) atoms. The smallest absolute Gasteiger partial charge is 0.266 e. The summed E-state index contributed by atoms with van der Waals surface area (Å²) < 4.78 is 39.4. The van der Waals surface area contributed by atoms with Gasteiger partial charge in [0, 0.05) is 75.9 Å². The maximum absolute atomic E-state index is 13.2. The number of fused-ring (bicyclic) bond motifs is 2. The van der Waals surface area contributed by atoms with Gasteiger partial charge in [0.25, 0.3) is 17.7 Å². The van der Waals surface area contributed by atoms with Crippen LogP contribution in [0.2, 0.25) is 10.0 Å². The van der Waals surface area contributed by atoms with Gasteiger partial charge in [0.2, 0.25) is 17.7 Å². The van der Waals surface area contributed by atoms with E-state index in [1.165, 1.54) is 31.5 Å². The molecule has 1 unspecified atom stereocenters. The van der Waals surface area contributed by atoms with E-state index in [0.29, 0.717) is 101 Å². The van der Waals surface area contributed by atoms with Crippen molar-refractivity contribution in [2.24, 2.45) is 0 Å². The van der Waals surface area contributed by atoms with Crippen LogP contribution < -0.4 is 40.2 Å². The van der Waals surface area contributed by atoms with E-state index in [1.807, 2.05) is 0 Å². The number of benzene rings is 3. The first-order valence-electron chi connectivity index (χ1n) is 23.9. The van der Waals surface area contributed by atoms with E-state index >= 15 is 0 Å². The molecule has 1 atom stereocenters. The van der Waals surface area contributed by atoms with E-state index in [4.69, 9.17) is 56.4 Å². The molecular weight excluding hydrogens is 1010 g/mol. The minimum atomic E-state index is -1.12. The lowest BCUT2D eigenvalue weighted by Crippen LogP contribution is -2.54. The number of carbonyl (C=O) groups excluding carboxylic acids is 6. The van der Waals surface area contributed by atoms with Crippen molar-refractivity contribution in [2.75, 3.05) is 125 Å². The average Bonchev–Trinajstić information content (AvgIpc) is 3.65. The van der Waals surface area contributed by atoms with Crippen LogP contribution in [0.5, 0.6) is 23.0 Å². The molecule has 3 aliphatic heterocycles. The number of piperidine rings is 1. The Bertz CT molecular complexity index is 2750. The molecule has 0 saturated carbocycles. The van der Waals surface area contributed by atoms with Crippen molar-refractivity contribution in [3.05, 3.63) is 75.4 Å². The van der Waals surface area contributed by atoms with Crippen molar-refractivity contribution < 1.29 is 61.9 Å². The predicted octanol–water partition coefficient (Wildman–Crippen LogP) is 3.32. The summed E-state index contributed by atoms with van der Waals surface area (Å²) in [4.78, 5) is 84.9. The number of nitrogens with zero attached hydrogens (tertiary/aromatic N) is 5. The van der Waals surface area contributed by atoms with Crippen molar-refractivity contribution in [3.8, 4) is 29.1 Å². The lowest BCUT2D eigenvalue weighted by molar-refractivity contribution is -0.136. The third-order valence-corrected chi connectivity index (χ3v) is 12.8. The summed E-state index contributed by atoms with van der Waals surface area (Å²) in [5.41, 5.74) is 1.90. The van der Waals surface area contributed by atoms with Gasteiger partial charge in [0.15, 0.2) is 18.1 Å². The molecule has 4 N–H and O–H groups in total. The second-order valence-electron chi connectivity index (χ2n) is 17.0. The van der Waals surface area contributed by atoms with E-state index in [-0.39, 0.29) is 55.4 Å². The van der Waals surface area contributed by atoms with Crippen molar-refractivity contribution >= 4 is 80.9 Å². The number of hydrogen-bond acceptors (Lipinski definition) is 18. The Morgan fingerprint density at radius 3 is 2.16 bits per heavy atom. The average molecular weight is 1060 g/mol. The van der Waals surface area contributed by atoms with Gasteiger partial charge in [0.05, 0.1) is 111 Å². The third-order valence-electron chi connectivity index (χ3n) is 12.2. The first kappa shape index (κ1) is 54.9. The summed E-state index contributed by atoms with van der Waals surface area (Å²) in [6.45, 7) is 6.69. The molecule has 0 radical (unpaired) electrons. The highest BCUT2D eigenvalue weighted by Gasteiger charge is 2.46. The lowest BCUT2D eigenvalue weighted by Gasteiger charge is -2.34. The number of ether oxygens (including phenoxy) is 7. The van der Waals surface area contributed by atoms with Crippen LogP contribution in [0.25, 0.3) is 10.9 Å². The van der Waals surface area contributed by atoms with E-state index < -0.39 is 42.2 Å². The zero-order chi connectivity index (χ0) is 52.6. The molecule has 7 rings (SSSR count). The number of rotatable bonds is 27. The van der Waals surface area contributed by atoms with Crippen LogP contribution >= 0.6 is 23.2 Å². The van der Waals surface area contributed by atoms with Crippen molar-refractivity contribution in [1.29, 1.82) is 5.26 Å². The molecule has 0 spiro atoms. The standard InChI is InChI=1S/C50H57Cl2N9O13/c1-68-40-26-37(34(51)24-35(40)52)57-47-31(27-53)28-56-36-25-42(41(69-2)23-33(36)47)73-16-4-11-59-12-14-60(15-13-59)29-44(63)54-9-17-70-19-21-72-22-20-71-18-10-55-45(64)30-74-39-6-3-5-32-46(39)50(67)61(49(32)66)38-7-8-43(62)58-48(38)65/h3,5-6,23-26,28,38H,4,7-22,29-30H2,1-2H3,(H,54,63)(H,55,64)(H,56,57)(H,58,62,65). The minimum absolute atomic E-state index is 0.00132. The summed E-state index contributed by atoms with van der Waals surface area (Å²) in [6, 6.07) is 12.3. The summed E-state index contributed by atoms with van der Waals surface area (Å²) in [5, 5.41) is 22.2. The van der Waals surface area contributed by atoms with Crippen LogP contribution in [-0.2, 0) is 33.4 Å². The number of amides is 6. The van der Waals surface area contributed by atoms with Crippen LogP contribution in [0.3, 0.4) is 0 Å². The molecule has 24 heteroatoms. The van der Waals surface area contributed by atoms with Gasteiger partial charge < -0.3 is 54.0 Å². The Morgan fingerprint density at radius 2 is 1.47 bits per heavy atom. The van der Waals surface area contributed by atoms with Gasteiger partial charge in [-0.1, -0.05) is 29.3 Å². The molecule has 6 amide bonds. The molecule has 3 aromatic carbocycles. The van der Waals surface area contributed by atoms with Crippen LogP contribution in [0.4, 0.5) is 11.4 Å². The number of imide groups is 2. The van der Waals surface area contributed by atoms with Gasteiger partial charge in [-0.05, 0) is 37.1 Å². The molecular formula is C50H57Cl2N9O13. The molecule has 22 nitrogen and oxygen atoms in total. The molecule has 0 bridgehead atoms. The first-order valence-corrected chi connectivity index (χ1v) is 24.7. The highest BCUT2D eigenvalue weighted by atomic mass is 35.5. The number of anilines is 2. The molecule has 0 aliphatic carbocycles. The van der Waals surface area contributed by atoms with Crippen molar-refractivity contribution in [2.45, 2.75) is 25.3 Å². The van der Waals surface area contributed by atoms with Crippen molar-refractivity contribution in [1.82, 2.24) is 35.6 Å². The number of piperazine rings is 1. The van der Waals surface area contributed by atoms with Crippen molar-refractivity contribution in [3.63, 3.8) is 0 Å². The lowest BCUT2D eigenvalue weighted by atomic mass is 10.0. The fourth-order valence-corrected chi connectivity index (χ4v) is 8.88. The number of methoxy groups -OCH3 is 2. The number of halogens is 2. The first-order chi connectivity index (χ1) is 35.9. The van der Waals surface area contributed by atoms with Crippen LogP contribution in [0.1, 0.15) is 45.5 Å². The van der Waals surface area contributed by atoms with Crippen LogP contribution in [0.15, 0.2) is 48.7 Å². The Labute approximate surface area is 436 Å². The summed E-state index contributed by atoms with van der Waals surface area (Å²) in [5.74, 6) is -1.67. The molecule has 4 heterocycles. The number of aromatic nitrogens is 1. The zero-order valence-corrected chi connectivity index (χ0v) is 42.4. The summed E-state index contributed by atoms with van der Waals surface area (Å²) >= 11 is 12.7. The topological polar surface area (TPSA) is 262 Å². The largest absolute Gasteiger partial charge is 0.495 e. The molecule has 2 saturated heterocycles. The number of pyridine rings is 1. The van der Waals surface area contributed by atoms with Crippen LogP contribution in [0, 0.1) is 11.3 Å². The van der Waals surface area contributed by atoms with E-state index in [0.717, 1.165) is 44.0 Å². The second-order valence-corrected chi connectivity index (χ2v) is 17.9. The predicted molar refractivity (Wildman–Crippen MR) is 269 cm³/mol. The molecule has 1 aromatic heterocycles. The Balaban J connectivity index is 0.687. The van der Waals surface area contributed by atoms with Gasteiger partial charge >= 0.3 is 0 Å². The monoisotopic (exact) mass is 1060 g/mol. The Hall–Kier alpha value is -6.84. The Kier molecular flexibility index (Phi) is 20.0. The Morgan fingerprint density at radius 1 is 0.784 bits per heavy atom. The third kappa shape index (κ3) is 14.3. The minimum Gasteiger partial charge on any atom is -0.495 e. The second kappa shape index (κ2) is 26.9. The molecule has 3 aliphatic rings. The number of nitriles is 1. The quantitative estimate of drug-likeness (QED) is 0.0493.